The summed E-state index contributed by atoms with van der Waals surface area (Å²) in [5.74, 6) is -0.924. The molecule has 0 aromatic heterocycles. The molecule has 0 unspecified atom stereocenters. The van der Waals surface area contributed by atoms with Gasteiger partial charge in [-0.3, -0.25) is 9.59 Å². The fourth-order valence-corrected chi connectivity index (χ4v) is 5.45. The van der Waals surface area contributed by atoms with E-state index in [1.165, 1.54) is 6.07 Å². The summed E-state index contributed by atoms with van der Waals surface area (Å²) in [7, 11) is 0. The van der Waals surface area contributed by atoms with Crippen LogP contribution < -0.4 is 5.32 Å². The Balaban J connectivity index is 1.96. The zero-order valence-electron chi connectivity index (χ0n) is 16.7. The van der Waals surface area contributed by atoms with Gasteiger partial charge in [-0.25, -0.2) is 4.39 Å². The summed E-state index contributed by atoms with van der Waals surface area (Å²) in [6.07, 6.45) is 2.28. The van der Waals surface area contributed by atoms with Crippen molar-refractivity contribution in [2.75, 3.05) is 0 Å². The van der Waals surface area contributed by atoms with Crippen LogP contribution >= 0.6 is 22.6 Å². The molecule has 0 saturated carbocycles. The highest BCUT2D eigenvalue weighted by atomic mass is 127. The highest BCUT2D eigenvalue weighted by Gasteiger charge is 2.46. The van der Waals surface area contributed by atoms with Crippen molar-refractivity contribution in [3.05, 3.63) is 55.7 Å². The average molecular weight is 493 g/mol. The summed E-state index contributed by atoms with van der Waals surface area (Å²) in [6.45, 7) is 8.32. The Hall–Kier alpha value is -1.50. The van der Waals surface area contributed by atoms with Gasteiger partial charge in [0.15, 0.2) is 11.6 Å². The number of carbonyl (C=O) groups excluding carboxylic acids is 2. The lowest BCUT2D eigenvalue weighted by Gasteiger charge is -2.44. The van der Waals surface area contributed by atoms with E-state index < -0.39 is 5.92 Å². The topological polar surface area (TPSA) is 46.2 Å². The van der Waals surface area contributed by atoms with Crippen LogP contribution in [0.1, 0.15) is 64.9 Å². The molecule has 0 amide bonds. The Morgan fingerprint density at radius 2 is 1.43 bits per heavy atom. The molecule has 0 atom stereocenters. The number of ketones is 2. The van der Waals surface area contributed by atoms with Crippen LogP contribution in [0, 0.1) is 20.2 Å². The summed E-state index contributed by atoms with van der Waals surface area (Å²) in [4.78, 5) is 26.4. The largest absolute Gasteiger partial charge is 0.362 e. The first kappa shape index (κ1) is 19.8. The van der Waals surface area contributed by atoms with Crippen molar-refractivity contribution < 1.29 is 14.0 Å². The number of halogens is 2. The lowest BCUT2D eigenvalue weighted by molar-refractivity contribution is -0.119. The highest BCUT2D eigenvalue weighted by molar-refractivity contribution is 14.1. The Bertz CT molecular complexity index is 919. The predicted molar refractivity (Wildman–Crippen MR) is 115 cm³/mol. The Morgan fingerprint density at radius 3 is 1.93 bits per heavy atom. The number of benzene rings is 1. The molecule has 0 radical (unpaired) electrons. The van der Waals surface area contributed by atoms with Gasteiger partial charge in [-0.05, 0) is 64.5 Å². The van der Waals surface area contributed by atoms with Gasteiger partial charge in [-0.2, -0.15) is 0 Å². The fourth-order valence-electron chi connectivity index (χ4n) is 4.94. The first-order valence-electron chi connectivity index (χ1n) is 9.72. The number of allylic oxidation sites excluding steroid dienone is 4. The first-order chi connectivity index (χ1) is 13.0. The molecular weight excluding hydrogens is 468 g/mol. The Labute approximate surface area is 179 Å². The maximum absolute atomic E-state index is 14.9. The average Bonchev–Trinajstić information content (AvgIpc) is 2.52. The molecule has 1 N–H and O–H groups in total. The van der Waals surface area contributed by atoms with Crippen molar-refractivity contribution in [3.8, 4) is 0 Å². The smallest absolute Gasteiger partial charge is 0.162 e. The molecule has 2 aliphatic carbocycles. The van der Waals surface area contributed by atoms with Crippen molar-refractivity contribution in [1.29, 1.82) is 0 Å². The second-order valence-corrected chi connectivity index (χ2v) is 11.1. The minimum Gasteiger partial charge on any atom is -0.362 e. The fraction of sp³-hybridized carbons (Fsp3) is 0.478. The van der Waals surface area contributed by atoms with Gasteiger partial charge in [-0.15, -0.1) is 0 Å². The molecule has 3 aliphatic rings. The van der Waals surface area contributed by atoms with E-state index in [-0.39, 0.29) is 28.2 Å². The number of nitrogens with one attached hydrogen (secondary N) is 1. The minimum absolute atomic E-state index is 0.0196. The molecule has 28 heavy (non-hydrogen) atoms. The summed E-state index contributed by atoms with van der Waals surface area (Å²) >= 11 is 2.15. The Morgan fingerprint density at radius 1 is 0.929 bits per heavy atom. The number of hydrogen-bond donors (Lipinski definition) is 1. The van der Waals surface area contributed by atoms with Crippen molar-refractivity contribution in [1.82, 2.24) is 5.32 Å². The lowest BCUT2D eigenvalue weighted by atomic mass is 9.64. The summed E-state index contributed by atoms with van der Waals surface area (Å²) < 4.78 is 15.8. The molecule has 0 bridgehead atoms. The van der Waals surface area contributed by atoms with Crippen LogP contribution in [0.25, 0.3) is 0 Å². The van der Waals surface area contributed by atoms with Gasteiger partial charge >= 0.3 is 0 Å². The van der Waals surface area contributed by atoms with Gasteiger partial charge in [0.25, 0.3) is 0 Å². The molecule has 5 heteroatoms. The van der Waals surface area contributed by atoms with Crippen molar-refractivity contribution >= 4 is 34.2 Å². The van der Waals surface area contributed by atoms with Crippen LogP contribution in [0.3, 0.4) is 0 Å². The third-order valence-corrected chi connectivity index (χ3v) is 6.66. The van der Waals surface area contributed by atoms with Gasteiger partial charge < -0.3 is 5.32 Å². The second-order valence-electron chi connectivity index (χ2n) is 9.89. The standard InChI is InChI=1S/C23H25FINO2/c1-22(2)8-15-20(17(27)10-22)19(13-7-12(25)5-6-14(13)24)21-16(26-15)9-23(3,4)11-18(21)28/h5-7,19,26H,8-11H2,1-4H3. The zero-order valence-corrected chi connectivity index (χ0v) is 18.9. The van der Waals surface area contributed by atoms with Gasteiger partial charge in [-0.1, -0.05) is 27.7 Å². The van der Waals surface area contributed by atoms with Crippen LogP contribution in [-0.2, 0) is 9.59 Å². The number of dihydropyridines is 1. The lowest BCUT2D eigenvalue weighted by Crippen LogP contribution is -2.42. The van der Waals surface area contributed by atoms with Crippen molar-refractivity contribution in [3.63, 3.8) is 0 Å². The molecule has 1 aromatic rings. The molecule has 3 nitrogen and oxygen atoms in total. The number of carbonyl (C=O) groups is 2. The summed E-state index contributed by atoms with van der Waals surface area (Å²) in [5, 5.41) is 3.46. The predicted octanol–water partition coefficient (Wildman–Crippen LogP) is 5.40. The Kier molecular flexibility index (Phi) is 4.60. The van der Waals surface area contributed by atoms with E-state index in [4.69, 9.17) is 0 Å². The normalized spacial score (nSPS) is 24.1. The van der Waals surface area contributed by atoms with Crippen molar-refractivity contribution in [2.24, 2.45) is 10.8 Å². The molecule has 4 rings (SSSR count). The summed E-state index contributed by atoms with van der Waals surface area (Å²) in [6, 6.07) is 4.93. The van der Waals surface area contributed by atoms with E-state index in [1.807, 2.05) is 0 Å². The number of hydrogen-bond acceptors (Lipinski definition) is 3. The van der Waals surface area contributed by atoms with E-state index >= 15 is 0 Å². The molecule has 1 aromatic carbocycles. The van der Waals surface area contributed by atoms with E-state index in [9.17, 15) is 14.0 Å². The maximum Gasteiger partial charge on any atom is 0.162 e. The third kappa shape index (κ3) is 3.36. The first-order valence-corrected chi connectivity index (χ1v) is 10.8. The molecule has 148 valence electrons. The van der Waals surface area contributed by atoms with Gasteiger partial charge in [0.05, 0.1) is 0 Å². The highest BCUT2D eigenvalue weighted by Crippen LogP contribution is 2.51. The third-order valence-electron chi connectivity index (χ3n) is 5.99. The quantitative estimate of drug-likeness (QED) is 0.533. The number of rotatable bonds is 1. The molecule has 0 spiro atoms. The van der Waals surface area contributed by atoms with E-state index in [2.05, 4.69) is 55.6 Å². The SMILES string of the molecule is CC1(C)CC(=O)C2=C(C1)NC1=C(C(=O)CC(C)(C)C1)C2c1cc(I)ccc1F. The number of Topliss-reactive ketones (excluding diaryl/α,β-unsaturated/α-hetero) is 2. The maximum atomic E-state index is 14.9. The van der Waals surface area contributed by atoms with Gasteiger partial charge in [0.2, 0.25) is 0 Å². The molecule has 0 fully saturated rings. The minimum atomic E-state index is -0.604. The molecular formula is C23H25FINO2. The van der Waals surface area contributed by atoms with Crippen molar-refractivity contribution in [2.45, 2.75) is 59.3 Å². The second kappa shape index (κ2) is 6.51. The van der Waals surface area contributed by atoms with Gasteiger partial charge in [0.1, 0.15) is 5.82 Å². The monoisotopic (exact) mass is 493 g/mol. The van der Waals surface area contributed by atoms with E-state index in [0.717, 1.165) is 27.8 Å². The van der Waals surface area contributed by atoms with Crippen LogP contribution in [-0.4, -0.2) is 11.6 Å². The molecule has 0 saturated heterocycles. The van der Waals surface area contributed by atoms with Crippen LogP contribution in [0.5, 0.6) is 0 Å². The molecule has 1 aliphatic heterocycles. The van der Waals surface area contributed by atoms with E-state index in [1.54, 1.807) is 12.1 Å². The van der Waals surface area contributed by atoms with Gasteiger partial charge in [0, 0.05) is 50.4 Å². The van der Waals surface area contributed by atoms with E-state index in [0.29, 0.717) is 29.6 Å². The molecule has 1 heterocycles. The van der Waals surface area contributed by atoms with Crippen LogP contribution in [0.4, 0.5) is 4.39 Å². The van der Waals surface area contributed by atoms with Crippen LogP contribution in [0.2, 0.25) is 0 Å². The van der Waals surface area contributed by atoms with Crippen LogP contribution in [0.15, 0.2) is 40.7 Å². The zero-order chi connectivity index (χ0) is 20.4. The summed E-state index contributed by atoms with van der Waals surface area (Å²) in [5.41, 5.74) is 3.06.